The molecule has 0 aromatic heterocycles. The van der Waals surface area contributed by atoms with Crippen LogP contribution in [0.15, 0.2) is 88.9 Å². The van der Waals surface area contributed by atoms with Crippen LogP contribution >= 0.6 is 0 Å². The Labute approximate surface area is 262 Å². The van der Waals surface area contributed by atoms with Crippen LogP contribution in [0.25, 0.3) is 5.70 Å². The van der Waals surface area contributed by atoms with Crippen LogP contribution in [-0.4, -0.2) is 35.3 Å². The molecular formula is C37H37NO7. The third kappa shape index (κ3) is 4.78. The Balaban J connectivity index is 1.80. The molecule has 8 heteroatoms. The van der Waals surface area contributed by atoms with Gasteiger partial charge in [0, 0.05) is 31.4 Å². The number of anilines is 1. The van der Waals surface area contributed by atoms with Crippen molar-refractivity contribution in [2.75, 3.05) is 4.90 Å². The maximum Gasteiger partial charge on any atom is 0.379 e. The van der Waals surface area contributed by atoms with Gasteiger partial charge in [-0.25, -0.2) is 4.79 Å². The van der Waals surface area contributed by atoms with Crippen molar-refractivity contribution >= 4 is 40.6 Å². The van der Waals surface area contributed by atoms with Gasteiger partial charge in [-0.3, -0.25) is 24.1 Å². The van der Waals surface area contributed by atoms with Crippen LogP contribution in [0.1, 0.15) is 72.8 Å². The quantitative estimate of drug-likeness (QED) is 0.291. The molecule has 45 heavy (non-hydrogen) atoms. The van der Waals surface area contributed by atoms with E-state index in [9.17, 15) is 19.2 Å². The highest BCUT2D eigenvalue weighted by Gasteiger charge is 2.68. The van der Waals surface area contributed by atoms with Crippen molar-refractivity contribution in [3.63, 3.8) is 0 Å². The molecular weight excluding hydrogens is 570 g/mol. The van der Waals surface area contributed by atoms with E-state index in [4.69, 9.17) is 9.47 Å². The fourth-order valence-electron chi connectivity index (χ4n) is 7.28. The van der Waals surface area contributed by atoms with Crippen LogP contribution in [0, 0.1) is 16.2 Å². The number of fused-ring (bicyclic) bond motifs is 2. The van der Waals surface area contributed by atoms with Gasteiger partial charge in [-0.1, -0.05) is 76.2 Å². The van der Waals surface area contributed by atoms with Crippen LogP contribution in [0.3, 0.4) is 0 Å². The predicted molar refractivity (Wildman–Crippen MR) is 167 cm³/mol. The van der Waals surface area contributed by atoms with E-state index in [0.717, 1.165) is 0 Å². The van der Waals surface area contributed by atoms with Gasteiger partial charge in [-0.2, -0.15) is 0 Å². The molecule has 2 aromatic rings. The summed E-state index contributed by atoms with van der Waals surface area (Å²) in [7, 11) is 0. The first-order chi connectivity index (χ1) is 21.2. The van der Waals surface area contributed by atoms with Gasteiger partial charge in [0.25, 0.3) is 11.7 Å². The van der Waals surface area contributed by atoms with Gasteiger partial charge in [0.15, 0.2) is 11.6 Å². The summed E-state index contributed by atoms with van der Waals surface area (Å²) in [4.78, 5) is 73.9. The fourth-order valence-corrected chi connectivity index (χ4v) is 7.28. The van der Waals surface area contributed by atoms with Crippen molar-refractivity contribution in [1.29, 1.82) is 0 Å². The second-order valence-electron chi connectivity index (χ2n) is 14.2. The number of ketones is 3. The minimum absolute atomic E-state index is 0.0359. The third-order valence-electron chi connectivity index (χ3n) is 8.84. The summed E-state index contributed by atoms with van der Waals surface area (Å²) in [6.45, 7) is 11.0. The maximum absolute atomic E-state index is 15.5. The molecule has 0 unspecified atom stereocenters. The van der Waals surface area contributed by atoms with E-state index < -0.39 is 51.6 Å². The van der Waals surface area contributed by atoms with Gasteiger partial charge in [0.2, 0.25) is 0 Å². The predicted octanol–water partition coefficient (Wildman–Crippen LogP) is 6.27. The van der Waals surface area contributed by atoms with Crippen LogP contribution in [0.5, 0.6) is 0 Å². The lowest BCUT2D eigenvalue weighted by atomic mass is 9.57. The largest absolute Gasteiger partial charge is 0.465 e. The van der Waals surface area contributed by atoms with Crippen LogP contribution in [0.2, 0.25) is 0 Å². The van der Waals surface area contributed by atoms with Crippen molar-refractivity contribution in [2.24, 2.45) is 16.2 Å². The summed E-state index contributed by atoms with van der Waals surface area (Å²) >= 11 is 0. The second kappa shape index (κ2) is 10.5. The zero-order valence-electron chi connectivity index (χ0n) is 26.5. The molecule has 6 rings (SSSR count). The lowest BCUT2D eigenvalue weighted by molar-refractivity contribution is -0.155. The van der Waals surface area contributed by atoms with Gasteiger partial charge in [0.1, 0.15) is 16.9 Å². The topological polar surface area (TPSA) is 107 Å². The number of allylic oxidation sites excluding steroid dienone is 2. The first-order valence-electron chi connectivity index (χ1n) is 15.3. The number of amides is 1. The Hall–Kier alpha value is -4.59. The molecule has 0 saturated heterocycles. The molecule has 0 N–H and O–H groups in total. The van der Waals surface area contributed by atoms with Crippen molar-refractivity contribution in [3.8, 4) is 0 Å². The third-order valence-corrected chi connectivity index (χ3v) is 8.84. The number of ether oxygens (including phenoxy) is 2. The molecule has 4 aliphatic rings. The first kappa shape index (κ1) is 30.4. The SMILES string of the molecule is CC(C)OC(=O)C(=O)C1=C(c2ccccc2)N(c2ccccc2)C(=O)C12C1=C(CC(C)(C)CC1=O)OC1=C2C(=O)CC(C)(C)C1. The van der Waals surface area contributed by atoms with Crippen LogP contribution in [0.4, 0.5) is 5.69 Å². The van der Waals surface area contributed by atoms with E-state index in [0.29, 0.717) is 24.1 Å². The molecule has 2 aromatic carbocycles. The van der Waals surface area contributed by atoms with Gasteiger partial charge in [-0.05, 0) is 42.4 Å². The van der Waals surface area contributed by atoms with Gasteiger partial charge in [0.05, 0.1) is 28.5 Å². The average Bonchev–Trinajstić information content (AvgIpc) is 3.19. The lowest BCUT2D eigenvalue weighted by Crippen LogP contribution is -2.52. The number of nitrogens with zero attached hydrogens (tertiary/aromatic N) is 1. The van der Waals surface area contributed by atoms with E-state index in [2.05, 4.69) is 0 Å². The Bertz CT molecular complexity index is 1700. The maximum atomic E-state index is 15.5. The van der Waals surface area contributed by atoms with E-state index in [1.54, 1.807) is 74.5 Å². The number of benzene rings is 2. The minimum Gasteiger partial charge on any atom is -0.465 e. The van der Waals surface area contributed by atoms with Crippen molar-refractivity contribution in [2.45, 2.75) is 73.3 Å². The molecule has 1 amide bonds. The molecule has 232 valence electrons. The molecule has 0 saturated carbocycles. The zero-order chi connectivity index (χ0) is 32.5. The van der Waals surface area contributed by atoms with E-state index in [1.165, 1.54) is 4.90 Å². The summed E-state index contributed by atoms with van der Waals surface area (Å²) < 4.78 is 11.9. The Morgan fingerprint density at radius 3 is 1.73 bits per heavy atom. The number of rotatable bonds is 5. The van der Waals surface area contributed by atoms with E-state index >= 15 is 4.79 Å². The summed E-state index contributed by atoms with van der Waals surface area (Å²) in [5.74, 6) is -3.19. The molecule has 0 atom stereocenters. The molecule has 0 radical (unpaired) electrons. The smallest absolute Gasteiger partial charge is 0.379 e. The Kier molecular flexibility index (Phi) is 7.10. The number of carbonyl (C=O) groups excluding carboxylic acids is 5. The number of hydrogen-bond acceptors (Lipinski definition) is 7. The highest BCUT2D eigenvalue weighted by atomic mass is 16.5. The summed E-state index contributed by atoms with van der Waals surface area (Å²) in [6, 6.07) is 17.5. The standard InChI is InChI=1S/C37H37NO7/c1-21(2)44-33(42)32(41)30-31(22-13-9-7-10-14-22)38(23-15-11-8-12-16-23)34(43)37(30)28-24(39)17-35(3,4)19-26(28)45-27-20-36(5,6)18-25(40)29(27)37/h7-16,21H,17-20H2,1-6H3. The molecule has 1 spiro atoms. The minimum atomic E-state index is -2.20. The van der Waals surface area contributed by atoms with Crippen molar-refractivity contribution < 1.29 is 33.4 Å². The van der Waals surface area contributed by atoms with Gasteiger partial charge >= 0.3 is 5.97 Å². The molecule has 8 nitrogen and oxygen atoms in total. The zero-order valence-corrected chi connectivity index (χ0v) is 26.5. The van der Waals surface area contributed by atoms with Crippen molar-refractivity contribution in [1.82, 2.24) is 0 Å². The molecule has 0 fully saturated rings. The number of para-hydroxylation sites is 1. The highest BCUT2D eigenvalue weighted by molar-refractivity contribution is 6.47. The van der Waals surface area contributed by atoms with Crippen molar-refractivity contribution in [3.05, 3.63) is 94.5 Å². The number of carbonyl (C=O) groups is 5. The first-order valence-corrected chi connectivity index (χ1v) is 15.3. The molecule has 2 aliphatic carbocycles. The molecule has 2 aliphatic heterocycles. The summed E-state index contributed by atoms with van der Waals surface area (Å²) in [5.41, 5.74) is -2.51. The lowest BCUT2D eigenvalue weighted by Gasteiger charge is -2.46. The van der Waals surface area contributed by atoms with E-state index in [-0.39, 0.29) is 46.8 Å². The average molecular weight is 608 g/mol. The van der Waals surface area contributed by atoms with Gasteiger partial charge in [-0.15, -0.1) is 0 Å². The van der Waals surface area contributed by atoms with E-state index in [1.807, 2.05) is 27.7 Å². The Morgan fingerprint density at radius 2 is 1.24 bits per heavy atom. The number of esters is 1. The summed E-state index contributed by atoms with van der Waals surface area (Å²) in [6.07, 6.45) is 0.109. The number of Topliss-reactive ketones (excluding diaryl/α,β-unsaturated/α-hetero) is 3. The Morgan fingerprint density at radius 1 is 0.756 bits per heavy atom. The normalized spacial score (nSPS) is 21.7. The second-order valence-corrected chi connectivity index (χ2v) is 14.2. The highest BCUT2D eigenvalue weighted by Crippen LogP contribution is 2.63. The van der Waals surface area contributed by atoms with Crippen LogP contribution < -0.4 is 4.90 Å². The molecule has 2 heterocycles. The van der Waals surface area contributed by atoms with Gasteiger partial charge < -0.3 is 9.47 Å². The summed E-state index contributed by atoms with van der Waals surface area (Å²) in [5, 5.41) is 0. The monoisotopic (exact) mass is 607 g/mol. The fraction of sp³-hybridized carbons (Fsp3) is 0.378. The molecule has 0 bridgehead atoms. The number of hydrogen-bond donors (Lipinski definition) is 0. The van der Waals surface area contributed by atoms with Crippen LogP contribution in [-0.2, 0) is 33.4 Å².